The molecule has 0 saturated carbocycles. The number of nitrogens with zero attached hydrogens (tertiary/aromatic N) is 3. The smallest absolute Gasteiger partial charge is 0.220 e. The summed E-state index contributed by atoms with van der Waals surface area (Å²) in [6, 6.07) is 8.00. The minimum absolute atomic E-state index is 0.283. The number of piperazine rings is 1. The second kappa shape index (κ2) is 8.94. The molecule has 2 aliphatic heterocycles. The first kappa shape index (κ1) is 21.1. The van der Waals surface area contributed by atoms with E-state index >= 15 is 0 Å². The molecule has 1 aromatic carbocycles. The van der Waals surface area contributed by atoms with Crippen LogP contribution in [0.25, 0.3) is 0 Å². The van der Waals surface area contributed by atoms with Gasteiger partial charge in [0.25, 0.3) is 0 Å². The van der Waals surface area contributed by atoms with Crippen molar-refractivity contribution in [1.82, 2.24) is 25.0 Å². The number of aromatic nitrogens is 1. The van der Waals surface area contributed by atoms with E-state index in [1.165, 1.54) is 6.07 Å². The molecular formula is C20H26FN5O3S. The maximum atomic E-state index is 14.1. The van der Waals surface area contributed by atoms with Crippen LogP contribution in [-0.4, -0.2) is 67.7 Å². The minimum atomic E-state index is -3.51. The van der Waals surface area contributed by atoms with Gasteiger partial charge in [-0.25, -0.2) is 18.2 Å². The van der Waals surface area contributed by atoms with E-state index in [1.807, 2.05) is 12.1 Å². The van der Waals surface area contributed by atoms with Gasteiger partial charge in [-0.2, -0.15) is 4.31 Å². The summed E-state index contributed by atoms with van der Waals surface area (Å²) in [5.74, 6) is 0.324. The second-order valence-corrected chi connectivity index (χ2v) is 9.65. The largest absolute Gasteiger partial charge is 0.497 e. The fourth-order valence-corrected chi connectivity index (χ4v) is 5.92. The molecule has 3 heterocycles. The van der Waals surface area contributed by atoms with Crippen LogP contribution in [0.3, 0.4) is 0 Å². The molecule has 10 heteroatoms. The molecule has 2 fully saturated rings. The van der Waals surface area contributed by atoms with Crippen LogP contribution in [0.15, 0.2) is 42.7 Å². The van der Waals surface area contributed by atoms with Crippen LogP contribution in [-0.2, 0) is 16.6 Å². The Morgan fingerprint density at radius 1 is 1.17 bits per heavy atom. The SMILES string of the molecule is COc1ccc(F)c(CN2CCN(S(=O)(=O)C3CNNC3c3ccncc3)CC2)c1. The Balaban J connectivity index is 1.41. The molecule has 0 radical (unpaired) electrons. The molecule has 2 atom stereocenters. The molecule has 30 heavy (non-hydrogen) atoms. The number of hydrogen-bond donors (Lipinski definition) is 2. The van der Waals surface area contributed by atoms with Gasteiger partial charge in [0.15, 0.2) is 0 Å². The highest BCUT2D eigenvalue weighted by Crippen LogP contribution is 2.27. The number of hydrazine groups is 1. The predicted molar refractivity (Wildman–Crippen MR) is 111 cm³/mol. The molecule has 0 aliphatic carbocycles. The van der Waals surface area contributed by atoms with Gasteiger partial charge >= 0.3 is 0 Å². The second-order valence-electron chi connectivity index (χ2n) is 7.50. The number of ether oxygens (including phenoxy) is 1. The monoisotopic (exact) mass is 435 g/mol. The molecule has 2 aromatic rings. The molecule has 8 nitrogen and oxygen atoms in total. The Hall–Kier alpha value is -2.11. The average Bonchev–Trinajstić information content (AvgIpc) is 3.27. The fourth-order valence-electron chi connectivity index (χ4n) is 4.00. The van der Waals surface area contributed by atoms with Gasteiger partial charge in [-0.05, 0) is 35.9 Å². The van der Waals surface area contributed by atoms with Crippen LogP contribution < -0.4 is 15.6 Å². The van der Waals surface area contributed by atoms with Crippen molar-refractivity contribution < 1.29 is 17.5 Å². The first-order chi connectivity index (χ1) is 14.5. The number of benzene rings is 1. The van der Waals surface area contributed by atoms with Gasteiger partial charge in [-0.1, -0.05) is 0 Å². The van der Waals surface area contributed by atoms with E-state index in [-0.39, 0.29) is 11.9 Å². The highest BCUT2D eigenvalue weighted by Gasteiger charge is 2.42. The third kappa shape index (κ3) is 4.33. The zero-order valence-corrected chi connectivity index (χ0v) is 17.6. The summed E-state index contributed by atoms with van der Waals surface area (Å²) in [4.78, 5) is 6.07. The Morgan fingerprint density at radius 3 is 2.60 bits per heavy atom. The number of rotatable bonds is 6. The highest BCUT2D eigenvalue weighted by molar-refractivity contribution is 7.89. The Bertz CT molecular complexity index is 968. The lowest BCUT2D eigenvalue weighted by atomic mass is 10.1. The molecule has 2 N–H and O–H groups in total. The molecule has 1 aromatic heterocycles. The van der Waals surface area contributed by atoms with E-state index in [9.17, 15) is 12.8 Å². The zero-order chi connectivity index (χ0) is 21.1. The molecule has 2 unspecified atom stereocenters. The lowest BCUT2D eigenvalue weighted by Gasteiger charge is -2.36. The number of halogens is 1. The van der Waals surface area contributed by atoms with Crippen molar-refractivity contribution in [2.24, 2.45) is 0 Å². The van der Waals surface area contributed by atoms with Crippen LogP contribution in [0.5, 0.6) is 5.75 Å². The van der Waals surface area contributed by atoms with Gasteiger partial charge in [0.2, 0.25) is 10.0 Å². The maximum absolute atomic E-state index is 14.1. The number of methoxy groups -OCH3 is 1. The van der Waals surface area contributed by atoms with Crippen molar-refractivity contribution in [1.29, 1.82) is 0 Å². The van der Waals surface area contributed by atoms with Crippen LogP contribution in [0, 0.1) is 5.82 Å². The normalized spacial score (nSPS) is 23.5. The molecule has 0 bridgehead atoms. The Labute approximate surface area is 176 Å². The van der Waals surface area contributed by atoms with Gasteiger partial charge in [0.05, 0.1) is 13.2 Å². The molecule has 2 saturated heterocycles. The number of pyridine rings is 1. The van der Waals surface area contributed by atoms with Crippen molar-refractivity contribution >= 4 is 10.0 Å². The van der Waals surface area contributed by atoms with E-state index in [0.29, 0.717) is 50.6 Å². The van der Waals surface area contributed by atoms with Gasteiger partial charge in [-0.15, -0.1) is 0 Å². The third-order valence-electron chi connectivity index (χ3n) is 5.72. The van der Waals surface area contributed by atoms with Gasteiger partial charge in [0.1, 0.15) is 16.8 Å². The third-order valence-corrected chi connectivity index (χ3v) is 8.01. The van der Waals surface area contributed by atoms with E-state index in [1.54, 1.807) is 35.9 Å². The molecule has 4 rings (SSSR count). The van der Waals surface area contributed by atoms with E-state index in [0.717, 1.165) is 5.56 Å². The maximum Gasteiger partial charge on any atom is 0.220 e. The van der Waals surface area contributed by atoms with E-state index < -0.39 is 15.3 Å². The van der Waals surface area contributed by atoms with Gasteiger partial charge in [-0.3, -0.25) is 15.3 Å². The standard InChI is InChI=1S/C20H26FN5O3S/c1-29-17-2-3-18(21)16(12-17)14-25-8-10-26(11-9-25)30(27,28)19-13-23-24-20(19)15-4-6-22-7-5-15/h2-7,12,19-20,23-24H,8-11,13-14H2,1H3. The minimum Gasteiger partial charge on any atom is -0.497 e. The first-order valence-corrected chi connectivity index (χ1v) is 11.4. The Morgan fingerprint density at radius 2 is 1.90 bits per heavy atom. The topological polar surface area (TPSA) is 86.8 Å². The predicted octanol–water partition coefficient (Wildman–Crippen LogP) is 0.894. The van der Waals surface area contributed by atoms with Crippen LogP contribution in [0.2, 0.25) is 0 Å². The summed E-state index contributed by atoms with van der Waals surface area (Å²) >= 11 is 0. The fraction of sp³-hybridized carbons (Fsp3) is 0.450. The lowest BCUT2D eigenvalue weighted by Crippen LogP contribution is -2.52. The van der Waals surface area contributed by atoms with E-state index in [2.05, 4.69) is 20.7 Å². The summed E-state index contributed by atoms with van der Waals surface area (Å²) in [6.45, 7) is 2.61. The molecule has 0 amide bonds. The summed E-state index contributed by atoms with van der Waals surface area (Å²) < 4.78 is 47.5. The van der Waals surface area contributed by atoms with Crippen molar-refractivity contribution in [3.8, 4) is 5.75 Å². The van der Waals surface area contributed by atoms with Crippen LogP contribution in [0.4, 0.5) is 4.39 Å². The summed E-state index contributed by atoms with van der Waals surface area (Å²) in [5.41, 5.74) is 7.50. The average molecular weight is 436 g/mol. The summed E-state index contributed by atoms with van der Waals surface area (Å²) in [5, 5.41) is -0.595. The molecular weight excluding hydrogens is 409 g/mol. The van der Waals surface area contributed by atoms with Gasteiger partial charge < -0.3 is 4.74 Å². The number of nitrogens with one attached hydrogen (secondary N) is 2. The molecule has 162 valence electrons. The van der Waals surface area contributed by atoms with Crippen molar-refractivity contribution in [2.45, 2.75) is 17.8 Å². The van der Waals surface area contributed by atoms with Crippen molar-refractivity contribution in [3.63, 3.8) is 0 Å². The lowest BCUT2D eigenvalue weighted by molar-refractivity contribution is 0.178. The highest BCUT2D eigenvalue weighted by atomic mass is 32.2. The number of sulfonamides is 1. The number of hydrogen-bond acceptors (Lipinski definition) is 7. The van der Waals surface area contributed by atoms with Crippen LogP contribution in [0.1, 0.15) is 17.2 Å². The van der Waals surface area contributed by atoms with Crippen molar-refractivity contribution in [2.75, 3.05) is 39.8 Å². The molecule has 2 aliphatic rings. The zero-order valence-electron chi connectivity index (χ0n) is 16.8. The van der Waals surface area contributed by atoms with E-state index in [4.69, 9.17) is 4.74 Å². The Kier molecular flexibility index (Phi) is 6.30. The molecule has 0 spiro atoms. The van der Waals surface area contributed by atoms with Crippen molar-refractivity contribution in [3.05, 3.63) is 59.7 Å². The van der Waals surface area contributed by atoms with Gasteiger partial charge in [0, 0.05) is 57.2 Å². The summed E-state index contributed by atoms with van der Waals surface area (Å²) in [6.07, 6.45) is 3.32. The first-order valence-electron chi connectivity index (χ1n) is 9.91. The quantitative estimate of drug-likeness (QED) is 0.697. The van der Waals surface area contributed by atoms with Crippen LogP contribution >= 0.6 is 0 Å². The summed E-state index contributed by atoms with van der Waals surface area (Å²) in [7, 11) is -1.96.